The minimum atomic E-state index is -5.99. The lowest BCUT2D eigenvalue weighted by atomic mass is 9.73. The molecule has 3 N–H and O–H groups in total. The summed E-state index contributed by atoms with van der Waals surface area (Å²) in [5.41, 5.74) is 0.796. The van der Waals surface area contributed by atoms with Gasteiger partial charge >= 0.3 is 27.3 Å². The van der Waals surface area contributed by atoms with Crippen molar-refractivity contribution in [2.75, 3.05) is 13.2 Å². The first-order chi connectivity index (χ1) is 15.3. The number of benzene rings is 2. The number of aromatic hydroxyl groups is 2. The Labute approximate surface area is 188 Å². The van der Waals surface area contributed by atoms with Crippen LogP contribution >= 0.6 is 0 Å². The molecule has 180 valence electrons. The van der Waals surface area contributed by atoms with Crippen molar-refractivity contribution in [3.05, 3.63) is 59.7 Å². The number of esters is 2. The van der Waals surface area contributed by atoms with Gasteiger partial charge in [-0.25, -0.2) is 4.79 Å². The van der Waals surface area contributed by atoms with Crippen LogP contribution in [0.2, 0.25) is 0 Å². The highest BCUT2D eigenvalue weighted by Crippen LogP contribution is 2.37. The number of carbonyl (C=O) groups is 2. The van der Waals surface area contributed by atoms with Gasteiger partial charge < -0.3 is 19.7 Å². The monoisotopic (exact) mass is 488 g/mol. The number of ether oxygens (including phenoxy) is 2. The number of phenols is 2. The number of halogens is 2. The zero-order chi connectivity index (χ0) is 24.9. The third-order valence-electron chi connectivity index (χ3n) is 4.98. The van der Waals surface area contributed by atoms with Gasteiger partial charge in [-0.2, -0.15) is 17.2 Å². The zero-order valence-electron chi connectivity index (χ0n) is 17.4. The van der Waals surface area contributed by atoms with Gasteiger partial charge in [-0.05, 0) is 41.8 Å². The molecule has 0 saturated heterocycles. The van der Waals surface area contributed by atoms with E-state index in [2.05, 4.69) is 4.74 Å². The molecule has 2 aromatic rings. The van der Waals surface area contributed by atoms with Crippen molar-refractivity contribution in [2.24, 2.45) is 0 Å². The van der Waals surface area contributed by atoms with E-state index in [4.69, 9.17) is 9.29 Å². The third kappa shape index (κ3) is 6.39. The van der Waals surface area contributed by atoms with Gasteiger partial charge in [0, 0.05) is 11.8 Å². The first-order valence-corrected chi connectivity index (χ1v) is 11.0. The Kier molecular flexibility index (Phi) is 7.98. The molecule has 2 rings (SSSR count). The Morgan fingerprint density at radius 1 is 0.879 bits per heavy atom. The molecule has 0 bridgehead atoms. The summed E-state index contributed by atoms with van der Waals surface area (Å²) in [6, 6.07) is 12.7. The van der Waals surface area contributed by atoms with Gasteiger partial charge in [-0.1, -0.05) is 31.2 Å². The summed E-state index contributed by atoms with van der Waals surface area (Å²) < 4.78 is 64.3. The van der Waals surface area contributed by atoms with E-state index in [0.29, 0.717) is 0 Å². The molecular formula is C21H22F2O9S. The average Bonchev–Trinajstić information content (AvgIpc) is 2.75. The lowest BCUT2D eigenvalue weighted by molar-refractivity contribution is -0.165. The van der Waals surface area contributed by atoms with Crippen LogP contribution in [0.5, 0.6) is 11.5 Å². The molecule has 0 aliphatic heterocycles. The minimum Gasteiger partial charge on any atom is -0.508 e. The summed E-state index contributed by atoms with van der Waals surface area (Å²) in [6.07, 6.45) is 0.0926. The van der Waals surface area contributed by atoms with Crippen LogP contribution in [0.4, 0.5) is 8.78 Å². The van der Waals surface area contributed by atoms with Crippen molar-refractivity contribution in [1.29, 1.82) is 0 Å². The number of phenolic OH excluding ortho intramolecular Hbond substituents is 2. The maximum absolute atomic E-state index is 13.1. The number of carbonyl (C=O) groups excluding carboxylic acids is 2. The van der Waals surface area contributed by atoms with E-state index < -0.39 is 45.9 Å². The van der Waals surface area contributed by atoms with E-state index in [9.17, 15) is 37.0 Å². The molecule has 0 aliphatic carbocycles. The predicted octanol–water partition coefficient (Wildman–Crippen LogP) is 2.75. The van der Waals surface area contributed by atoms with Gasteiger partial charge in [0.1, 0.15) is 24.7 Å². The van der Waals surface area contributed by atoms with Crippen LogP contribution in [0.25, 0.3) is 0 Å². The first kappa shape index (κ1) is 26.0. The van der Waals surface area contributed by atoms with Gasteiger partial charge in [0.2, 0.25) is 0 Å². The highest BCUT2D eigenvalue weighted by molar-refractivity contribution is 7.87. The van der Waals surface area contributed by atoms with Crippen molar-refractivity contribution in [2.45, 2.75) is 30.4 Å². The molecule has 0 atom stereocenters. The van der Waals surface area contributed by atoms with Crippen LogP contribution < -0.4 is 0 Å². The molecule has 0 amide bonds. The van der Waals surface area contributed by atoms with Crippen molar-refractivity contribution < 1.29 is 51.0 Å². The molecule has 2 aromatic carbocycles. The van der Waals surface area contributed by atoms with Crippen LogP contribution in [0, 0.1) is 0 Å². The predicted molar refractivity (Wildman–Crippen MR) is 110 cm³/mol. The van der Waals surface area contributed by atoms with Gasteiger partial charge in [-0.15, -0.1) is 0 Å². The second kappa shape index (κ2) is 10.1. The van der Waals surface area contributed by atoms with Gasteiger partial charge in [0.05, 0.1) is 0 Å². The smallest absolute Gasteiger partial charge is 0.465 e. The van der Waals surface area contributed by atoms with Gasteiger partial charge in [0.15, 0.2) is 0 Å². The van der Waals surface area contributed by atoms with Gasteiger partial charge in [-0.3, -0.25) is 9.35 Å². The Morgan fingerprint density at radius 3 is 1.73 bits per heavy atom. The van der Waals surface area contributed by atoms with E-state index in [1.54, 1.807) is 24.3 Å². The first-order valence-electron chi connectivity index (χ1n) is 9.54. The summed E-state index contributed by atoms with van der Waals surface area (Å²) in [5.74, 6) is -3.12. The average molecular weight is 488 g/mol. The summed E-state index contributed by atoms with van der Waals surface area (Å²) in [7, 11) is -5.99. The summed E-state index contributed by atoms with van der Waals surface area (Å²) in [4.78, 5) is 23.2. The van der Waals surface area contributed by atoms with Crippen molar-refractivity contribution >= 4 is 22.1 Å². The number of alkyl halides is 2. The van der Waals surface area contributed by atoms with E-state index in [1.807, 2.05) is 6.92 Å². The Bertz CT molecular complexity index is 1040. The van der Waals surface area contributed by atoms with Crippen molar-refractivity contribution in [1.82, 2.24) is 0 Å². The van der Waals surface area contributed by atoms with Crippen molar-refractivity contribution in [3.8, 4) is 11.5 Å². The van der Waals surface area contributed by atoms with Crippen LogP contribution in [-0.2, 0) is 34.6 Å². The molecule has 0 radical (unpaired) electrons. The Balaban J connectivity index is 1.99. The molecule has 9 nitrogen and oxygen atoms in total. The summed E-state index contributed by atoms with van der Waals surface area (Å²) in [6.45, 7) is 0.391. The molecule has 12 heteroatoms. The quantitative estimate of drug-likeness (QED) is 0.261. The van der Waals surface area contributed by atoms with Crippen LogP contribution in [0.15, 0.2) is 48.5 Å². The fourth-order valence-corrected chi connectivity index (χ4v) is 3.29. The van der Waals surface area contributed by atoms with E-state index in [1.165, 1.54) is 24.3 Å². The standard InChI is InChI=1S/C21H22F2O9S/c1-20(14-2-6-16(24)7-3-14,15-4-8-17(25)9-5-15)11-10-18(26)31-12-13-32-19(27)21(22,23)33(28,29)30/h2-9,24-25H,10-13H2,1H3,(H,28,29,30). The number of hydrogen-bond acceptors (Lipinski definition) is 8. The fourth-order valence-electron chi connectivity index (χ4n) is 3.02. The van der Waals surface area contributed by atoms with E-state index >= 15 is 0 Å². The molecule has 0 aromatic heterocycles. The van der Waals surface area contributed by atoms with Gasteiger partial charge in [0.25, 0.3) is 0 Å². The Hall–Kier alpha value is -3.25. The Morgan fingerprint density at radius 2 is 1.30 bits per heavy atom. The van der Waals surface area contributed by atoms with E-state index in [-0.39, 0.29) is 24.3 Å². The largest absolute Gasteiger partial charge is 0.508 e. The number of hydrogen-bond donors (Lipinski definition) is 3. The lowest BCUT2D eigenvalue weighted by Crippen LogP contribution is -2.39. The lowest BCUT2D eigenvalue weighted by Gasteiger charge is -2.31. The second-order valence-corrected chi connectivity index (χ2v) is 8.74. The maximum Gasteiger partial charge on any atom is 0.465 e. The minimum absolute atomic E-state index is 0.0559. The third-order valence-corrected chi connectivity index (χ3v) is 5.79. The molecule has 0 saturated carbocycles. The van der Waals surface area contributed by atoms with Crippen LogP contribution in [-0.4, -0.2) is 53.6 Å². The zero-order valence-corrected chi connectivity index (χ0v) is 18.2. The molecule has 0 unspecified atom stereocenters. The highest BCUT2D eigenvalue weighted by Gasteiger charge is 2.54. The molecule has 33 heavy (non-hydrogen) atoms. The summed E-state index contributed by atoms with van der Waals surface area (Å²) >= 11 is 0. The normalized spacial score (nSPS) is 12.2. The van der Waals surface area contributed by atoms with E-state index in [0.717, 1.165) is 11.1 Å². The van der Waals surface area contributed by atoms with Crippen molar-refractivity contribution in [3.63, 3.8) is 0 Å². The molecule has 0 fully saturated rings. The maximum atomic E-state index is 13.1. The molecule has 0 spiro atoms. The van der Waals surface area contributed by atoms with Crippen LogP contribution in [0.3, 0.4) is 0 Å². The SMILES string of the molecule is CC(CCC(=O)OCCOC(=O)C(F)(F)S(=O)(=O)O)(c1ccc(O)cc1)c1ccc(O)cc1. The topological polar surface area (TPSA) is 147 Å². The fraction of sp³-hybridized carbons (Fsp3) is 0.333. The molecular weight excluding hydrogens is 466 g/mol. The molecule has 0 heterocycles. The number of rotatable bonds is 10. The van der Waals surface area contributed by atoms with Crippen LogP contribution in [0.1, 0.15) is 30.9 Å². The second-order valence-electron chi connectivity index (χ2n) is 7.27. The highest BCUT2D eigenvalue weighted by atomic mass is 32.2. The summed E-state index contributed by atoms with van der Waals surface area (Å²) in [5, 5.41) is 14.0. The molecule has 0 aliphatic rings.